The Morgan fingerprint density at radius 2 is 1.66 bits per heavy atom. The predicted octanol–water partition coefficient (Wildman–Crippen LogP) is 4.28. The molecule has 1 N–H and O–H groups in total. The lowest BCUT2D eigenvalue weighted by atomic mass is 9.98. The Hall–Kier alpha value is -3.96. The van der Waals surface area contributed by atoms with Crippen molar-refractivity contribution in [2.24, 2.45) is 5.41 Å². The van der Waals surface area contributed by atoms with Gasteiger partial charge in [0.2, 0.25) is 12.7 Å². The number of esters is 2. The molecule has 2 aromatic rings. The number of benzene rings is 2. The van der Waals surface area contributed by atoms with Crippen molar-refractivity contribution in [2.45, 2.75) is 65.7 Å². The zero-order valence-corrected chi connectivity index (χ0v) is 25.8. The summed E-state index contributed by atoms with van der Waals surface area (Å²) < 4.78 is 21.3. The predicted molar refractivity (Wildman–Crippen MR) is 162 cm³/mol. The Labute approximate surface area is 258 Å². The van der Waals surface area contributed by atoms with Crippen LogP contribution in [0.15, 0.2) is 48.5 Å². The number of ether oxygens (including phenoxy) is 4. The molecular formula is C33H43N3O8. The fourth-order valence-corrected chi connectivity index (χ4v) is 4.98. The maximum absolute atomic E-state index is 12.6. The number of rotatable bonds is 11. The molecule has 0 aliphatic carbocycles. The largest absolute Gasteiger partial charge is 0.445 e. The van der Waals surface area contributed by atoms with Crippen molar-refractivity contribution in [3.63, 3.8) is 0 Å². The van der Waals surface area contributed by atoms with Crippen LogP contribution in [-0.4, -0.2) is 79.4 Å². The zero-order valence-electron chi connectivity index (χ0n) is 25.8. The summed E-state index contributed by atoms with van der Waals surface area (Å²) in [4.78, 5) is 52.7. The lowest BCUT2D eigenvalue weighted by Crippen LogP contribution is -2.41. The van der Waals surface area contributed by atoms with E-state index in [4.69, 9.17) is 18.9 Å². The average molecular weight is 610 g/mol. The number of carbonyl (C=O) groups is 4. The summed E-state index contributed by atoms with van der Waals surface area (Å²) in [6.45, 7) is 7.99. The van der Waals surface area contributed by atoms with Crippen LogP contribution in [-0.2, 0) is 52.9 Å². The quantitative estimate of drug-likeness (QED) is 0.294. The van der Waals surface area contributed by atoms with Gasteiger partial charge in [0, 0.05) is 38.4 Å². The molecule has 238 valence electrons. The molecule has 0 aromatic heterocycles. The van der Waals surface area contributed by atoms with Crippen LogP contribution in [0.4, 0.5) is 10.5 Å². The summed E-state index contributed by atoms with van der Waals surface area (Å²) in [6, 6.07) is 15.4. The van der Waals surface area contributed by atoms with Crippen LogP contribution in [0, 0.1) is 5.41 Å². The summed E-state index contributed by atoms with van der Waals surface area (Å²) in [5.41, 5.74) is 3.28. The molecule has 2 aliphatic rings. The Morgan fingerprint density at radius 3 is 2.39 bits per heavy atom. The molecule has 11 heteroatoms. The monoisotopic (exact) mass is 609 g/mol. The molecule has 1 fully saturated rings. The van der Waals surface area contributed by atoms with Crippen LogP contribution in [0.1, 0.15) is 56.7 Å². The third-order valence-corrected chi connectivity index (χ3v) is 7.59. The number of nitrogens with one attached hydrogen (secondary N) is 1. The second kappa shape index (κ2) is 15.7. The number of piperidine rings is 1. The van der Waals surface area contributed by atoms with Gasteiger partial charge in [-0.1, -0.05) is 36.4 Å². The van der Waals surface area contributed by atoms with Crippen molar-refractivity contribution in [1.29, 1.82) is 0 Å². The third-order valence-electron chi connectivity index (χ3n) is 7.59. The Kier molecular flexibility index (Phi) is 11.7. The lowest BCUT2D eigenvalue weighted by Gasteiger charge is -2.31. The second-order valence-corrected chi connectivity index (χ2v) is 12.2. The summed E-state index contributed by atoms with van der Waals surface area (Å²) in [7, 11) is 0. The molecule has 0 spiro atoms. The maximum Gasteiger partial charge on any atom is 0.410 e. The first kappa shape index (κ1) is 32.9. The maximum atomic E-state index is 12.6. The minimum atomic E-state index is -0.654. The van der Waals surface area contributed by atoms with Gasteiger partial charge in [-0.15, -0.1) is 0 Å². The molecule has 11 nitrogen and oxygen atoms in total. The molecular weight excluding hydrogens is 566 g/mol. The van der Waals surface area contributed by atoms with Crippen molar-refractivity contribution in [3.05, 3.63) is 65.2 Å². The Balaban J connectivity index is 1.13. The van der Waals surface area contributed by atoms with Gasteiger partial charge in [-0.25, -0.2) is 4.79 Å². The number of fused-ring (bicyclic) bond motifs is 1. The van der Waals surface area contributed by atoms with Gasteiger partial charge in [0.1, 0.15) is 13.2 Å². The van der Waals surface area contributed by atoms with Crippen LogP contribution in [0.25, 0.3) is 0 Å². The normalized spacial score (nSPS) is 15.7. The molecule has 2 heterocycles. The lowest BCUT2D eigenvalue weighted by molar-refractivity contribution is -0.173. The van der Waals surface area contributed by atoms with Crippen LogP contribution < -0.4 is 5.32 Å². The van der Waals surface area contributed by atoms with Gasteiger partial charge < -0.3 is 29.2 Å². The van der Waals surface area contributed by atoms with Crippen molar-refractivity contribution in [3.8, 4) is 0 Å². The number of nitrogens with zero attached hydrogens (tertiary/aromatic N) is 2. The number of hydrogen-bond donors (Lipinski definition) is 1. The van der Waals surface area contributed by atoms with Crippen LogP contribution in [0.5, 0.6) is 0 Å². The smallest absolute Gasteiger partial charge is 0.410 e. The van der Waals surface area contributed by atoms with Crippen molar-refractivity contribution >= 4 is 29.6 Å². The molecule has 2 aromatic carbocycles. The Bertz CT molecular complexity index is 1290. The standard InChI is InChI=1S/C33H43N3O8/c1-33(2,3)31(39)44-23-43-30(38)14-16-35-15-11-25-9-10-27(19-26(25)20-35)34-29(37)22-41-28-12-17-36(18-13-28)32(40)42-21-24-7-5-4-6-8-24/h4-10,19,28H,11-18,20-23H2,1-3H3,(H,34,37). The highest BCUT2D eigenvalue weighted by Crippen LogP contribution is 2.23. The molecule has 2 aliphatic heterocycles. The summed E-state index contributed by atoms with van der Waals surface area (Å²) in [6.07, 6.45) is 1.85. The number of amides is 2. The number of anilines is 1. The van der Waals surface area contributed by atoms with E-state index in [1.54, 1.807) is 25.7 Å². The van der Waals surface area contributed by atoms with Crippen molar-refractivity contribution < 1.29 is 38.1 Å². The highest BCUT2D eigenvalue weighted by Gasteiger charge is 2.26. The number of carbonyl (C=O) groups excluding carboxylic acids is 4. The van der Waals surface area contributed by atoms with E-state index in [1.807, 2.05) is 48.5 Å². The van der Waals surface area contributed by atoms with E-state index in [9.17, 15) is 19.2 Å². The van der Waals surface area contributed by atoms with Gasteiger partial charge in [-0.05, 0) is 68.9 Å². The van der Waals surface area contributed by atoms with E-state index in [2.05, 4.69) is 10.2 Å². The van der Waals surface area contributed by atoms with E-state index < -0.39 is 17.4 Å². The third kappa shape index (κ3) is 10.3. The molecule has 0 unspecified atom stereocenters. The molecule has 0 atom stereocenters. The topological polar surface area (TPSA) is 124 Å². The van der Waals surface area contributed by atoms with Crippen LogP contribution in [0.2, 0.25) is 0 Å². The van der Waals surface area contributed by atoms with Gasteiger partial charge in [-0.2, -0.15) is 0 Å². The van der Waals surface area contributed by atoms with E-state index in [0.29, 0.717) is 44.7 Å². The van der Waals surface area contributed by atoms with E-state index >= 15 is 0 Å². The molecule has 0 radical (unpaired) electrons. The number of likely N-dealkylation sites (tertiary alicyclic amines) is 1. The van der Waals surface area contributed by atoms with Gasteiger partial charge in [0.05, 0.1) is 17.9 Å². The number of hydrogen-bond acceptors (Lipinski definition) is 9. The minimum Gasteiger partial charge on any atom is -0.445 e. The summed E-state index contributed by atoms with van der Waals surface area (Å²) >= 11 is 0. The molecule has 1 saturated heterocycles. The van der Waals surface area contributed by atoms with Crippen molar-refractivity contribution in [1.82, 2.24) is 9.80 Å². The van der Waals surface area contributed by atoms with Gasteiger partial charge in [0.15, 0.2) is 0 Å². The zero-order chi connectivity index (χ0) is 31.5. The fraction of sp³-hybridized carbons (Fsp3) is 0.515. The second-order valence-electron chi connectivity index (χ2n) is 12.2. The average Bonchev–Trinajstić information content (AvgIpc) is 3.01. The van der Waals surface area contributed by atoms with Gasteiger partial charge in [-0.3, -0.25) is 19.3 Å². The molecule has 0 bridgehead atoms. The van der Waals surface area contributed by atoms with E-state index in [1.165, 1.54) is 5.56 Å². The van der Waals surface area contributed by atoms with E-state index in [0.717, 1.165) is 24.1 Å². The van der Waals surface area contributed by atoms with E-state index in [-0.39, 0.29) is 44.5 Å². The Morgan fingerprint density at radius 1 is 0.909 bits per heavy atom. The van der Waals surface area contributed by atoms with Crippen LogP contribution in [0.3, 0.4) is 0 Å². The first-order chi connectivity index (χ1) is 21.1. The summed E-state index contributed by atoms with van der Waals surface area (Å²) in [5.74, 6) is -1.09. The highest BCUT2D eigenvalue weighted by atomic mass is 16.7. The first-order valence-corrected chi connectivity index (χ1v) is 15.1. The molecule has 0 saturated carbocycles. The molecule has 2 amide bonds. The summed E-state index contributed by atoms with van der Waals surface area (Å²) in [5, 5.41) is 2.92. The first-order valence-electron chi connectivity index (χ1n) is 15.1. The van der Waals surface area contributed by atoms with Gasteiger partial charge in [0.25, 0.3) is 0 Å². The highest BCUT2D eigenvalue weighted by molar-refractivity contribution is 5.91. The SMILES string of the molecule is CC(C)(C)C(=O)OCOC(=O)CCN1CCc2ccc(NC(=O)COC3CCN(C(=O)OCc4ccccc4)CC3)cc2C1. The molecule has 44 heavy (non-hydrogen) atoms. The molecule has 4 rings (SSSR count). The van der Waals surface area contributed by atoms with Crippen LogP contribution >= 0.6 is 0 Å². The minimum absolute atomic E-state index is 0.0699. The van der Waals surface area contributed by atoms with Gasteiger partial charge >= 0.3 is 18.0 Å². The fourth-order valence-electron chi connectivity index (χ4n) is 4.98. The van der Waals surface area contributed by atoms with Crippen molar-refractivity contribution in [2.75, 3.05) is 44.9 Å².